The number of nitrogens with zero attached hydrogens (tertiary/aromatic N) is 2. The molecule has 32 heavy (non-hydrogen) atoms. The molecule has 4 heterocycles. The molecule has 0 bridgehead atoms. The first-order valence-electron chi connectivity index (χ1n) is 10.7. The van der Waals surface area contributed by atoms with Crippen LogP contribution in [0.1, 0.15) is 33.4 Å². The van der Waals surface area contributed by atoms with Crippen LogP contribution in [0, 0.1) is 0 Å². The SMILES string of the molecule is O=C(c1cccc(-c2ccco2)c1)N1CCc2c([nH]c3ccccc23)C1c1ccccn1. The highest BCUT2D eigenvalue weighted by atomic mass is 16.3. The van der Waals surface area contributed by atoms with Crippen molar-refractivity contribution in [3.8, 4) is 11.3 Å². The van der Waals surface area contributed by atoms with E-state index in [-0.39, 0.29) is 11.9 Å². The molecule has 2 aromatic carbocycles. The highest BCUT2D eigenvalue weighted by Gasteiger charge is 2.35. The zero-order valence-electron chi connectivity index (χ0n) is 17.4. The number of rotatable bonds is 3. The minimum Gasteiger partial charge on any atom is -0.464 e. The van der Waals surface area contributed by atoms with Crippen molar-refractivity contribution in [3.63, 3.8) is 0 Å². The lowest BCUT2D eigenvalue weighted by Gasteiger charge is -2.35. The van der Waals surface area contributed by atoms with E-state index >= 15 is 0 Å². The van der Waals surface area contributed by atoms with Crippen LogP contribution in [0.15, 0.2) is 95.7 Å². The van der Waals surface area contributed by atoms with Crippen LogP contribution in [-0.4, -0.2) is 27.3 Å². The summed E-state index contributed by atoms with van der Waals surface area (Å²) in [6.07, 6.45) is 4.22. The Labute approximate surface area is 185 Å². The van der Waals surface area contributed by atoms with E-state index in [1.807, 2.05) is 65.6 Å². The van der Waals surface area contributed by atoms with Gasteiger partial charge in [0.05, 0.1) is 12.0 Å². The number of fused-ring (bicyclic) bond motifs is 3. The first kappa shape index (κ1) is 18.6. The second-order valence-electron chi connectivity index (χ2n) is 8.03. The standard InChI is InChI=1S/C27H21N3O2/c31-27(19-8-5-7-18(17-19)24-12-6-16-32-24)30-15-13-21-20-9-1-2-10-22(20)29-25(21)26(30)23-11-3-4-14-28-23/h1-12,14,16-17,26,29H,13,15H2. The maximum atomic E-state index is 13.8. The average molecular weight is 419 g/mol. The molecule has 0 saturated carbocycles. The molecule has 5 heteroatoms. The van der Waals surface area contributed by atoms with Gasteiger partial charge in [0.1, 0.15) is 11.8 Å². The number of aromatic amines is 1. The van der Waals surface area contributed by atoms with E-state index in [1.54, 1.807) is 12.5 Å². The summed E-state index contributed by atoms with van der Waals surface area (Å²) in [5.41, 5.74) is 5.79. The Kier molecular flexibility index (Phi) is 4.39. The van der Waals surface area contributed by atoms with Crippen LogP contribution in [0.3, 0.4) is 0 Å². The smallest absolute Gasteiger partial charge is 0.254 e. The Morgan fingerprint density at radius 1 is 1.00 bits per heavy atom. The second-order valence-corrected chi connectivity index (χ2v) is 8.03. The number of carbonyl (C=O) groups is 1. The van der Waals surface area contributed by atoms with E-state index < -0.39 is 0 Å². The summed E-state index contributed by atoms with van der Waals surface area (Å²) in [4.78, 5) is 23.9. The second kappa shape index (κ2) is 7.54. The van der Waals surface area contributed by atoms with Gasteiger partial charge in [-0.3, -0.25) is 9.78 Å². The van der Waals surface area contributed by atoms with Crippen molar-refractivity contribution in [1.29, 1.82) is 0 Å². The van der Waals surface area contributed by atoms with Crippen LogP contribution in [0.4, 0.5) is 0 Å². The predicted octanol–water partition coefficient (Wildman–Crippen LogP) is 5.61. The number of H-pyrrole nitrogens is 1. The fourth-order valence-electron chi connectivity index (χ4n) is 4.72. The van der Waals surface area contributed by atoms with Gasteiger partial charge in [0, 0.05) is 40.5 Å². The van der Waals surface area contributed by atoms with E-state index in [0.717, 1.165) is 34.6 Å². The fourth-order valence-corrected chi connectivity index (χ4v) is 4.72. The summed E-state index contributed by atoms with van der Waals surface area (Å²) < 4.78 is 5.53. The molecule has 0 spiro atoms. The van der Waals surface area contributed by atoms with Gasteiger partial charge in [0.15, 0.2) is 0 Å². The highest BCUT2D eigenvalue weighted by Crippen LogP contribution is 2.38. The summed E-state index contributed by atoms with van der Waals surface area (Å²) in [7, 11) is 0. The Bertz CT molecular complexity index is 1400. The van der Waals surface area contributed by atoms with Crippen LogP contribution in [0.25, 0.3) is 22.2 Å². The first-order chi connectivity index (χ1) is 15.8. The quantitative estimate of drug-likeness (QED) is 0.413. The van der Waals surface area contributed by atoms with Crippen molar-refractivity contribution in [2.75, 3.05) is 6.54 Å². The van der Waals surface area contributed by atoms with Gasteiger partial charge in [-0.05, 0) is 54.4 Å². The highest BCUT2D eigenvalue weighted by molar-refractivity contribution is 5.96. The van der Waals surface area contributed by atoms with Gasteiger partial charge < -0.3 is 14.3 Å². The number of hydrogen-bond donors (Lipinski definition) is 1. The van der Waals surface area contributed by atoms with Gasteiger partial charge in [-0.1, -0.05) is 36.4 Å². The zero-order chi connectivity index (χ0) is 21.5. The van der Waals surface area contributed by atoms with Crippen molar-refractivity contribution in [3.05, 3.63) is 114 Å². The van der Waals surface area contributed by atoms with E-state index in [1.165, 1.54) is 10.9 Å². The van der Waals surface area contributed by atoms with Gasteiger partial charge >= 0.3 is 0 Å². The molecule has 0 fully saturated rings. The normalized spacial score (nSPS) is 15.6. The van der Waals surface area contributed by atoms with Gasteiger partial charge in [-0.2, -0.15) is 0 Å². The van der Waals surface area contributed by atoms with Crippen molar-refractivity contribution < 1.29 is 9.21 Å². The maximum Gasteiger partial charge on any atom is 0.254 e. The van der Waals surface area contributed by atoms with Crippen LogP contribution < -0.4 is 0 Å². The fraction of sp³-hybridized carbons (Fsp3) is 0.111. The minimum atomic E-state index is -0.271. The molecular weight excluding hydrogens is 398 g/mol. The molecule has 1 N–H and O–H groups in total. The van der Waals surface area contributed by atoms with Crippen molar-refractivity contribution in [1.82, 2.24) is 14.9 Å². The number of hydrogen-bond acceptors (Lipinski definition) is 3. The third-order valence-corrected chi connectivity index (χ3v) is 6.18. The van der Waals surface area contributed by atoms with Gasteiger partial charge in [0.2, 0.25) is 0 Å². The van der Waals surface area contributed by atoms with E-state index in [0.29, 0.717) is 12.1 Å². The summed E-state index contributed by atoms with van der Waals surface area (Å²) in [5.74, 6) is 0.732. The lowest BCUT2D eigenvalue weighted by molar-refractivity contribution is 0.0688. The van der Waals surface area contributed by atoms with E-state index in [2.05, 4.69) is 28.2 Å². The number of amides is 1. The first-order valence-corrected chi connectivity index (χ1v) is 10.7. The van der Waals surface area contributed by atoms with E-state index in [4.69, 9.17) is 4.42 Å². The monoisotopic (exact) mass is 419 g/mol. The third kappa shape index (κ3) is 3.02. The largest absolute Gasteiger partial charge is 0.464 e. The van der Waals surface area contributed by atoms with Crippen molar-refractivity contribution in [2.45, 2.75) is 12.5 Å². The number of pyridine rings is 1. The molecule has 6 rings (SSSR count). The predicted molar refractivity (Wildman–Crippen MR) is 123 cm³/mol. The summed E-state index contributed by atoms with van der Waals surface area (Å²) >= 11 is 0. The molecule has 156 valence electrons. The summed E-state index contributed by atoms with van der Waals surface area (Å²) in [5, 5.41) is 1.22. The molecule has 1 amide bonds. The van der Waals surface area contributed by atoms with Crippen LogP contribution >= 0.6 is 0 Å². The molecule has 1 unspecified atom stereocenters. The average Bonchev–Trinajstić information content (AvgIpc) is 3.52. The summed E-state index contributed by atoms with van der Waals surface area (Å²) in [6.45, 7) is 0.625. The molecule has 1 aliphatic heterocycles. The molecular formula is C27H21N3O2. The Hall–Kier alpha value is -4.12. The number of furan rings is 1. The lowest BCUT2D eigenvalue weighted by Crippen LogP contribution is -2.41. The van der Waals surface area contributed by atoms with Crippen LogP contribution in [-0.2, 0) is 6.42 Å². The van der Waals surface area contributed by atoms with Crippen molar-refractivity contribution in [2.24, 2.45) is 0 Å². The third-order valence-electron chi connectivity index (χ3n) is 6.18. The summed E-state index contributed by atoms with van der Waals surface area (Å²) in [6, 6.07) is 25.3. The molecule has 5 aromatic rings. The van der Waals surface area contributed by atoms with Crippen LogP contribution in [0.2, 0.25) is 0 Å². The zero-order valence-corrected chi connectivity index (χ0v) is 17.4. The maximum absolute atomic E-state index is 13.8. The Morgan fingerprint density at radius 2 is 1.91 bits per heavy atom. The van der Waals surface area contributed by atoms with Crippen molar-refractivity contribution >= 4 is 16.8 Å². The number of benzene rings is 2. The Morgan fingerprint density at radius 3 is 2.75 bits per heavy atom. The molecule has 0 saturated heterocycles. The molecule has 0 radical (unpaired) electrons. The number of para-hydroxylation sites is 1. The molecule has 3 aromatic heterocycles. The molecule has 1 aliphatic rings. The minimum absolute atomic E-state index is 0.0154. The topological polar surface area (TPSA) is 62.1 Å². The van der Waals surface area contributed by atoms with Gasteiger partial charge in [-0.25, -0.2) is 0 Å². The van der Waals surface area contributed by atoms with Crippen LogP contribution in [0.5, 0.6) is 0 Å². The number of aromatic nitrogens is 2. The Balaban J connectivity index is 1.46. The lowest BCUT2D eigenvalue weighted by atomic mass is 9.94. The number of carbonyl (C=O) groups excluding carboxylic acids is 1. The van der Waals surface area contributed by atoms with Gasteiger partial charge in [-0.15, -0.1) is 0 Å². The molecule has 1 atom stereocenters. The van der Waals surface area contributed by atoms with Gasteiger partial charge in [0.25, 0.3) is 5.91 Å². The molecule has 0 aliphatic carbocycles. The molecule has 5 nitrogen and oxygen atoms in total. The van der Waals surface area contributed by atoms with E-state index in [9.17, 15) is 4.79 Å². The number of nitrogens with one attached hydrogen (secondary N) is 1.